The Morgan fingerprint density at radius 1 is 1.58 bits per heavy atom. The lowest BCUT2D eigenvalue weighted by molar-refractivity contribution is 0.300. The van der Waals surface area contributed by atoms with Gasteiger partial charge in [0.05, 0.1) is 13.2 Å². The zero-order valence-electron chi connectivity index (χ0n) is 7.45. The van der Waals surface area contributed by atoms with Gasteiger partial charge >= 0.3 is 0 Å². The Kier molecular flexibility index (Phi) is 1.75. The van der Waals surface area contributed by atoms with Crippen molar-refractivity contribution in [3.05, 3.63) is 24.0 Å². The first-order valence-corrected chi connectivity index (χ1v) is 4.27. The number of rotatable bonds is 1. The largest absolute Gasteiger partial charge is 0.497 e. The highest BCUT2D eigenvalue weighted by Crippen LogP contribution is 2.28. The van der Waals surface area contributed by atoms with Gasteiger partial charge in [-0.1, -0.05) is 6.08 Å². The van der Waals surface area contributed by atoms with Gasteiger partial charge in [-0.15, -0.1) is 0 Å². The van der Waals surface area contributed by atoms with Crippen molar-refractivity contribution < 1.29 is 4.74 Å². The minimum absolute atomic E-state index is 0.338. The molecule has 64 valence electrons. The van der Waals surface area contributed by atoms with E-state index in [-0.39, 0.29) is 0 Å². The first-order chi connectivity index (χ1) is 5.79. The smallest absolute Gasteiger partial charge is 0.116 e. The molecule has 2 aliphatic rings. The first-order valence-electron chi connectivity index (χ1n) is 4.27. The van der Waals surface area contributed by atoms with Crippen LogP contribution in [0.3, 0.4) is 0 Å². The van der Waals surface area contributed by atoms with E-state index >= 15 is 0 Å². The van der Waals surface area contributed by atoms with Crippen molar-refractivity contribution in [2.45, 2.75) is 19.4 Å². The topological polar surface area (TPSA) is 21.6 Å². The molecule has 0 saturated heterocycles. The third-order valence-electron chi connectivity index (χ3n) is 2.42. The first kappa shape index (κ1) is 7.59. The summed E-state index contributed by atoms with van der Waals surface area (Å²) in [4.78, 5) is 4.52. The molecular formula is C10H13NO. The molecule has 2 nitrogen and oxygen atoms in total. The van der Waals surface area contributed by atoms with E-state index in [1.165, 1.54) is 5.71 Å². The van der Waals surface area contributed by atoms with Crippen LogP contribution < -0.4 is 0 Å². The van der Waals surface area contributed by atoms with Crippen LogP contribution in [-0.4, -0.2) is 18.9 Å². The van der Waals surface area contributed by atoms with Gasteiger partial charge < -0.3 is 4.74 Å². The molecule has 0 unspecified atom stereocenters. The number of methoxy groups -OCH3 is 1. The molecule has 1 aliphatic heterocycles. The highest BCUT2D eigenvalue weighted by Gasteiger charge is 2.26. The van der Waals surface area contributed by atoms with Gasteiger partial charge in [0.1, 0.15) is 5.76 Å². The standard InChI is InChI=1S/C10H13NO/c1-7-5-8-3-4-9(12-2)6-10(8)11-7/h3-4,6,8,10H,5H2,1-2H3/t8-,10+/m1/s1. The summed E-state index contributed by atoms with van der Waals surface area (Å²) in [5.74, 6) is 1.53. The highest BCUT2D eigenvalue weighted by atomic mass is 16.5. The Morgan fingerprint density at radius 2 is 2.42 bits per heavy atom. The Balaban J connectivity index is 2.21. The van der Waals surface area contributed by atoms with Crippen LogP contribution in [0.25, 0.3) is 0 Å². The van der Waals surface area contributed by atoms with Crippen LogP contribution in [0.5, 0.6) is 0 Å². The molecule has 0 aromatic carbocycles. The van der Waals surface area contributed by atoms with Crippen molar-refractivity contribution in [3.8, 4) is 0 Å². The third-order valence-corrected chi connectivity index (χ3v) is 2.42. The Labute approximate surface area is 72.6 Å². The summed E-state index contributed by atoms with van der Waals surface area (Å²) in [5.41, 5.74) is 1.25. The van der Waals surface area contributed by atoms with E-state index in [9.17, 15) is 0 Å². The molecule has 0 amide bonds. The Morgan fingerprint density at radius 3 is 3.17 bits per heavy atom. The van der Waals surface area contributed by atoms with Crippen molar-refractivity contribution in [1.82, 2.24) is 0 Å². The lowest BCUT2D eigenvalue weighted by Gasteiger charge is -2.15. The molecule has 0 aromatic heterocycles. The molecule has 0 radical (unpaired) electrons. The summed E-state index contributed by atoms with van der Waals surface area (Å²) in [7, 11) is 1.70. The van der Waals surface area contributed by atoms with Gasteiger partial charge in [-0.3, -0.25) is 4.99 Å². The maximum atomic E-state index is 5.14. The van der Waals surface area contributed by atoms with Gasteiger partial charge in [0, 0.05) is 11.6 Å². The van der Waals surface area contributed by atoms with Crippen LogP contribution in [0, 0.1) is 5.92 Å². The SMILES string of the molecule is COC1=C[C@@H]2N=C(C)C[C@H]2C=C1. The van der Waals surface area contributed by atoms with E-state index in [4.69, 9.17) is 4.74 Å². The van der Waals surface area contributed by atoms with Gasteiger partial charge in [0.15, 0.2) is 0 Å². The molecule has 0 saturated carbocycles. The van der Waals surface area contributed by atoms with Crippen LogP contribution in [0.2, 0.25) is 0 Å². The van der Waals surface area contributed by atoms with Crippen LogP contribution in [0.1, 0.15) is 13.3 Å². The summed E-state index contributed by atoms with van der Waals surface area (Å²) in [5, 5.41) is 0. The zero-order chi connectivity index (χ0) is 8.55. The second-order valence-corrected chi connectivity index (χ2v) is 3.36. The van der Waals surface area contributed by atoms with Crippen molar-refractivity contribution >= 4 is 5.71 Å². The van der Waals surface area contributed by atoms with E-state index < -0.39 is 0 Å². The van der Waals surface area contributed by atoms with E-state index in [1.54, 1.807) is 7.11 Å². The third kappa shape index (κ3) is 1.17. The molecule has 0 aromatic rings. The van der Waals surface area contributed by atoms with Crippen molar-refractivity contribution in [1.29, 1.82) is 0 Å². The van der Waals surface area contributed by atoms with Gasteiger partial charge in [-0.2, -0.15) is 0 Å². The minimum atomic E-state index is 0.338. The number of hydrogen-bond acceptors (Lipinski definition) is 2. The molecule has 0 N–H and O–H groups in total. The van der Waals surface area contributed by atoms with Gasteiger partial charge in [0.2, 0.25) is 0 Å². The maximum Gasteiger partial charge on any atom is 0.116 e. The molecule has 1 aliphatic carbocycles. The molecule has 0 spiro atoms. The second-order valence-electron chi connectivity index (χ2n) is 3.36. The number of ether oxygens (including phenoxy) is 1. The fourth-order valence-corrected chi connectivity index (χ4v) is 1.79. The van der Waals surface area contributed by atoms with Crippen molar-refractivity contribution in [2.75, 3.05) is 7.11 Å². The summed E-state index contributed by atoms with van der Waals surface area (Å²) in [6.07, 6.45) is 7.44. The number of allylic oxidation sites excluding steroid dienone is 1. The second kappa shape index (κ2) is 2.77. The molecule has 2 rings (SSSR count). The minimum Gasteiger partial charge on any atom is -0.497 e. The maximum absolute atomic E-state index is 5.14. The van der Waals surface area contributed by atoms with Crippen LogP contribution in [0.15, 0.2) is 29.0 Å². The predicted octanol–water partition coefficient (Wildman–Crippen LogP) is 1.94. The van der Waals surface area contributed by atoms with Gasteiger partial charge in [0.25, 0.3) is 0 Å². The van der Waals surface area contributed by atoms with E-state index in [1.807, 2.05) is 6.08 Å². The van der Waals surface area contributed by atoms with E-state index in [0.29, 0.717) is 12.0 Å². The van der Waals surface area contributed by atoms with Crippen molar-refractivity contribution in [2.24, 2.45) is 10.9 Å². The summed E-state index contributed by atoms with van der Waals surface area (Å²) < 4.78 is 5.14. The monoisotopic (exact) mass is 163 g/mol. The highest BCUT2D eigenvalue weighted by molar-refractivity contribution is 5.84. The van der Waals surface area contributed by atoms with Crippen LogP contribution >= 0.6 is 0 Å². The van der Waals surface area contributed by atoms with E-state index in [0.717, 1.165) is 12.2 Å². The number of aliphatic imine (C=N–C) groups is 1. The van der Waals surface area contributed by atoms with Gasteiger partial charge in [-0.05, 0) is 25.5 Å². The Bertz CT molecular complexity index is 276. The summed E-state index contributed by atoms with van der Waals surface area (Å²) in [6, 6.07) is 0.338. The number of nitrogens with zero attached hydrogens (tertiary/aromatic N) is 1. The summed E-state index contributed by atoms with van der Waals surface area (Å²) in [6.45, 7) is 2.09. The molecule has 0 bridgehead atoms. The van der Waals surface area contributed by atoms with Crippen molar-refractivity contribution in [3.63, 3.8) is 0 Å². The lowest BCUT2D eigenvalue weighted by atomic mass is 9.94. The molecule has 1 heterocycles. The molecule has 0 fully saturated rings. The lowest BCUT2D eigenvalue weighted by Crippen LogP contribution is -2.13. The molecule has 2 heteroatoms. The molecule has 12 heavy (non-hydrogen) atoms. The normalized spacial score (nSPS) is 32.5. The van der Waals surface area contributed by atoms with Crippen LogP contribution in [0.4, 0.5) is 0 Å². The summed E-state index contributed by atoms with van der Waals surface area (Å²) >= 11 is 0. The van der Waals surface area contributed by atoms with Crippen LogP contribution in [-0.2, 0) is 4.74 Å². The quantitative estimate of drug-likeness (QED) is 0.579. The zero-order valence-corrected chi connectivity index (χ0v) is 7.45. The molecular weight excluding hydrogens is 150 g/mol. The van der Waals surface area contributed by atoms with E-state index in [2.05, 4.69) is 24.1 Å². The fraction of sp³-hybridized carbons (Fsp3) is 0.500. The fourth-order valence-electron chi connectivity index (χ4n) is 1.79. The Hall–Kier alpha value is -1.05. The predicted molar refractivity (Wildman–Crippen MR) is 49.2 cm³/mol. The average Bonchev–Trinajstić information content (AvgIpc) is 2.43. The van der Waals surface area contributed by atoms with Gasteiger partial charge in [-0.25, -0.2) is 0 Å². The number of hydrogen-bond donors (Lipinski definition) is 0. The average molecular weight is 163 g/mol. The molecule has 2 atom stereocenters. The number of fused-ring (bicyclic) bond motifs is 1.